The van der Waals surface area contributed by atoms with E-state index in [1.54, 1.807) is 23.3 Å². The molecule has 19 heavy (non-hydrogen) atoms. The van der Waals surface area contributed by atoms with Gasteiger partial charge in [-0.15, -0.1) is 11.3 Å². The Hall–Kier alpha value is -1.62. The van der Waals surface area contributed by atoms with Crippen LogP contribution in [0, 0.1) is 0 Å². The molecule has 0 atom stereocenters. The standard InChI is InChI=1S/C14H20N2O2S/c1-5-13(17)15(4)10-14(18)16(11(2)3)9-12-7-6-8-19-12/h5-8,11H,1,9-10H2,2-4H3. The molecule has 0 N–H and O–H groups in total. The molecular formula is C14H20N2O2S. The SMILES string of the molecule is C=CC(=O)N(C)CC(=O)N(Cc1cccs1)C(C)C. The van der Waals surface area contributed by atoms with Crippen LogP contribution in [0.4, 0.5) is 0 Å². The van der Waals surface area contributed by atoms with Crippen molar-refractivity contribution in [2.24, 2.45) is 0 Å². The van der Waals surface area contributed by atoms with Crippen LogP contribution in [-0.2, 0) is 16.1 Å². The number of carbonyl (C=O) groups excluding carboxylic acids is 2. The smallest absolute Gasteiger partial charge is 0.246 e. The Labute approximate surface area is 118 Å². The summed E-state index contributed by atoms with van der Waals surface area (Å²) in [6.45, 7) is 8.03. The molecule has 0 aliphatic rings. The second kappa shape index (κ2) is 7.09. The molecule has 0 bridgehead atoms. The summed E-state index contributed by atoms with van der Waals surface area (Å²) < 4.78 is 0. The summed E-state index contributed by atoms with van der Waals surface area (Å²) in [7, 11) is 1.60. The predicted molar refractivity (Wildman–Crippen MR) is 77.8 cm³/mol. The van der Waals surface area contributed by atoms with E-state index in [0.717, 1.165) is 4.88 Å². The van der Waals surface area contributed by atoms with E-state index in [1.807, 2.05) is 31.4 Å². The molecule has 1 aromatic rings. The molecule has 104 valence electrons. The highest BCUT2D eigenvalue weighted by Crippen LogP contribution is 2.14. The maximum Gasteiger partial charge on any atom is 0.246 e. The number of carbonyl (C=O) groups is 2. The van der Waals surface area contributed by atoms with Crippen LogP contribution >= 0.6 is 11.3 Å². The molecule has 0 radical (unpaired) electrons. The molecule has 0 unspecified atom stereocenters. The highest BCUT2D eigenvalue weighted by molar-refractivity contribution is 7.09. The third-order valence-corrected chi connectivity index (χ3v) is 3.63. The lowest BCUT2D eigenvalue weighted by atomic mass is 10.3. The summed E-state index contributed by atoms with van der Waals surface area (Å²) in [5, 5.41) is 1.99. The van der Waals surface area contributed by atoms with Gasteiger partial charge in [-0.3, -0.25) is 9.59 Å². The zero-order valence-electron chi connectivity index (χ0n) is 11.6. The predicted octanol–water partition coefficient (Wildman–Crippen LogP) is 2.13. The van der Waals surface area contributed by atoms with Gasteiger partial charge in [-0.1, -0.05) is 12.6 Å². The average molecular weight is 280 g/mol. The van der Waals surface area contributed by atoms with E-state index < -0.39 is 0 Å². The number of thiophene rings is 1. The van der Waals surface area contributed by atoms with E-state index in [0.29, 0.717) is 6.54 Å². The van der Waals surface area contributed by atoms with Crippen molar-refractivity contribution in [2.45, 2.75) is 26.4 Å². The van der Waals surface area contributed by atoms with Gasteiger partial charge in [0.2, 0.25) is 11.8 Å². The zero-order chi connectivity index (χ0) is 14.4. The van der Waals surface area contributed by atoms with E-state index in [2.05, 4.69) is 6.58 Å². The van der Waals surface area contributed by atoms with E-state index in [4.69, 9.17) is 0 Å². The van der Waals surface area contributed by atoms with Crippen LogP contribution in [0.5, 0.6) is 0 Å². The minimum absolute atomic E-state index is 0.0545. The van der Waals surface area contributed by atoms with Crippen molar-refractivity contribution in [3.05, 3.63) is 35.0 Å². The van der Waals surface area contributed by atoms with Crippen LogP contribution in [0.1, 0.15) is 18.7 Å². The fraction of sp³-hybridized carbons (Fsp3) is 0.429. The van der Waals surface area contributed by atoms with Gasteiger partial charge in [0.05, 0.1) is 13.1 Å². The Morgan fingerprint density at radius 3 is 2.63 bits per heavy atom. The van der Waals surface area contributed by atoms with Gasteiger partial charge in [0.1, 0.15) is 0 Å². The number of nitrogens with zero attached hydrogens (tertiary/aromatic N) is 2. The van der Waals surface area contributed by atoms with E-state index >= 15 is 0 Å². The first-order valence-electron chi connectivity index (χ1n) is 6.15. The molecule has 4 nitrogen and oxygen atoms in total. The fourth-order valence-corrected chi connectivity index (χ4v) is 2.36. The van der Waals surface area contributed by atoms with Crippen LogP contribution in [0.2, 0.25) is 0 Å². The minimum Gasteiger partial charge on any atom is -0.334 e. The molecule has 1 rings (SSSR count). The number of hydrogen-bond acceptors (Lipinski definition) is 3. The van der Waals surface area contributed by atoms with Gasteiger partial charge in [-0.05, 0) is 31.4 Å². The van der Waals surface area contributed by atoms with Crippen LogP contribution in [0.15, 0.2) is 30.2 Å². The van der Waals surface area contributed by atoms with Gasteiger partial charge >= 0.3 is 0 Å². The molecule has 0 spiro atoms. The van der Waals surface area contributed by atoms with Crippen molar-refractivity contribution in [3.8, 4) is 0 Å². The average Bonchev–Trinajstić information content (AvgIpc) is 2.87. The first kappa shape index (κ1) is 15.4. The van der Waals surface area contributed by atoms with Gasteiger partial charge in [-0.25, -0.2) is 0 Å². The summed E-state index contributed by atoms with van der Waals surface area (Å²) in [5.74, 6) is -0.297. The molecule has 1 aromatic heterocycles. The maximum absolute atomic E-state index is 12.2. The first-order chi connectivity index (χ1) is 8.95. The van der Waals surface area contributed by atoms with Crippen molar-refractivity contribution < 1.29 is 9.59 Å². The zero-order valence-corrected chi connectivity index (χ0v) is 12.4. The summed E-state index contributed by atoms with van der Waals surface area (Å²) >= 11 is 1.63. The molecule has 1 heterocycles. The monoisotopic (exact) mass is 280 g/mol. The van der Waals surface area contributed by atoms with E-state index in [-0.39, 0.29) is 24.4 Å². The Morgan fingerprint density at radius 1 is 1.47 bits per heavy atom. The quantitative estimate of drug-likeness (QED) is 0.749. The number of amides is 2. The molecule has 0 fully saturated rings. The number of rotatable bonds is 6. The normalized spacial score (nSPS) is 10.3. The summed E-state index contributed by atoms with van der Waals surface area (Å²) in [6.07, 6.45) is 1.21. The van der Waals surface area contributed by atoms with E-state index in [1.165, 1.54) is 11.0 Å². The molecular weight excluding hydrogens is 260 g/mol. The maximum atomic E-state index is 12.2. The topological polar surface area (TPSA) is 40.6 Å². The Bertz CT molecular complexity index is 440. The van der Waals surface area contributed by atoms with Gasteiger partial charge in [0, 0.05) is 18.0 Å². The minimum atomic E-state index is -0.242. The van der Waals surface area contributed by atoms with Crippen LogP contribution < -0.4 is 0 Å². The van der Waals surface area contributed by atoms with Crippen LogP contribution in [0.3, 0.4) is 0 Å². The first-order valence-corrected chi connectivity index (χ1v) is 7.03. The van der Waals surface area contributed by atoms with Gasteiger partial charge in [-0.2, -0.15) is 0 Å². The van der Waals surface area contributed by atoms with Crippen molar-refractivity contribution >= 4 is 23.2 Å². The second-order valence-electron chi connectivity index (χ2n) is 4.59. The van der Waals surface area contributed by atoms with Crippen LogP contribution in [0.25, 0.3) is 0 Å². The lowest BCUT2D eigenvalue weighted by molar-refractivity contribution is -0.139. The van der Waals surface area contributed by atoms with Crippen molar-refractivity contribution in [1.82, 2.24) is 9.80 Å². The third kappa shape index (κ3) is 4.52. The molecule has 0 saturated carbocycles. The molecule has 5 heteroatoms. The van der Waals surface area contributed by atoms with Crippen LogP contribution in [-0.4, -0.2) is 41.2 Å². The summed E-state index contributed by atoms with van der Waals surface area (Å²) in [5.41, 5.74) is 0. The van der Waals surface area contributed by atoms with Crippen molar-refractivity contribution in [3.63, 3.8) is 0 Å². The fourth-order valence-electron chi connectivity index (χ4n) is 1.66. The van der Waals surface area contributed by atoms with Crippen molar-refractivity contribution in [2.75, 3.05) is 13.6 Å². The largest absolute Gasteiger partial charge is 0.334 e. The van der Waals surface area contributed by atoms with Gasteiger partial charge in [0.25, 0.3) is 0 Å². The summed E-state index contributed by atoms with van der Waals surface area (Å²) in [4.78, 5) is 27.9. The Morgan fingerprint density at radius 2 is 2.16 bits per heavy atom. The lowest BCUT2D eigenvalue weighted by Gasteiger charge is -2.28. The molecule has 2 amide bonds. The Balaban J connectivity index is 2.68. The van der Waals surface area contributed by atoms with Gasteiger partial charge < -0.3 is 9.80 Å². The van der Waals surface area contributed by atoms with Gasteiger partial charge in [0.15, 0.2) is 0 Å². The highest BCUT2D eigenvalue weighted by atomic mass is 32.1. The Kier molecular flexibility index (Phi) is 5.76. The van der Waals surface area contributed by atoms with E-state index in [9.17, 15) is 9.59 Å². The highest BCUT2D eigenvalue weighted by Gasteiger charge is 2.20. The number of hydrogen-bond donors (Lipinski definition) is 0. The molecule has 0 aliphatic heterocycles. The summed E-state index contributed by atoms with van der Waals surface area (Å²) in [6, 6.07) is 4.07. The number of likely N-dealkylation sites (N-methyl/N-ethyl adjacent to an activating group) is 1. The second-order valence-corrected chi connectivity index (χ2v) is 5.63. The molecule has 0 saturated heterocycles. The van der Waals surface area contributed by atoms with Crippen molar-refractivity contribution in [1.29, 1.82) is 0 Å². The molecule has 0 aromatic carbocycles. The molecule has 0 aliphatic carbocycles. The lowest BCUT2D eigenvalue weighted by Crippen LogP contribution is -2.43. The third-order valence-electron chi connectivity index (χ3n) is 2.77.